The minimum Gasteiger partial charge on any atom is -0.325 e. The Morgan fingerprint density at radius 3 is 1.77 bits per heavy atom. The minimum absolute atomic E-state index is 0.146. The summed E-state index contributed by atoms with van der Waals surface area (Å²) in [5, 5.41) is 7.26. The first-order valence-corrected chi connectivity index (χ1v) is 12.7. The second-order valence-electron chi connectivity index (χ2n) is 9.10. The zero-order valence-corrected chi connectivity index (χ0v) is 21.5. The molecular formula is C33H28N4O2. The fraction of sp³-hybridized carbons (Fsp3) is 0.0606. The van der Waals surface area contributed by atoms with Crippen LogP contribution < -0.4 is 10.7 Å². The van der Waals surface area contributed by atoms with Gasteiger partial charge in [-0.05, 0) is 72.1 Å². The van der Waals surface area contributed by atoms with Gasteiger partial charge in [-0.15, -0.1) is 0 Å². The molecule has 0 saturated carbocycles. The Morgan fingerprint density at radius 1 is 0.667 bits per heavy atom. The van der Waals surface area contributed by atoms with Crippen LogP contribution in [0.15, 0.2) is 139 Å². The summed E-state index contributed by atoms with van der Waals surface area (Å²) >= 11 is 0. The number of hydrogen-bond donors (Lipinski definition) is 2. The van der Waals surface area contributed by atoms with E-state index < -0.39 is 5.92 Å². The molecule has 1 heterocycles. The second kappa shape index (κ2) is 11.9. The Morgan fingerprint density at radius 2 is 1.21 bits per heavy atom. The highest BCUT2D eigenvalue weighted by atomic mass is 16.2. The maximum Gasteiger partial charge on any atom is 0.271 e. The molecule has 4 aromatic carbocycles. The molecule has 0 saturated heterocycles. The van der Waals surface area contributed by atoms with Gasteiger partial charge in [-0.2, -0.15) is 5.10 Å². The molecule has 6 nitrogen and oxygen atoms in total. The fourth-order valence-electron chi connectivity index (χ4n) is 4.35. The lowest BCUT2D eigenvalue weighted by molar-refractivity contribution is -0.116. The standard InChI is InChI=1S/C33H28N4O2/c1-24(25-16-20-30(21-17-25)37-22-8-9-23-37)35-36-32(38)28-14-18-29(19-15-28)34-33(39)31(26-10-4-2-5-11-26)27-12-6-3-7-13-27/h2-23,31H,1H3,(H,34,39)(H,36,38)/b35-24+. The van der Waals surface area contributed by atoms with E-state index >= 15 is 0 Å². The molecule has 0 bridgehead atoms. The molecule has 6 heteroatoms. The van der Waals surface area contributed by atoms with Crippen molar-refractivity contribution in [2.75, 3.05) is 5.32 Å². The van der Waals surface area contributed by atoms with Gasteiger partial charge in [0.25, 0.3) is 5.91 Å². The summed E-state index contributed by atoms with van der Waals surface area (Å²) in [5.41, 5.74) is 8.13. The lowest BCUT2D eigenvalue weighted by Crippen LogP contribution is -2.22. The van der Waals surface area contributed by atoms with Crippen LogP contribution in [-0.4, -0.2) is 22.1 Å². The van der Waals surface area contributed by atoms with Crippen LogP contribution >= 0.6 is 0 Å². The smallest absolute Gasteiger partial charge is 0.271 e. The molecule has 2 amide bonds. The predicted molar refractivity (Wildman–Crippen MR) is 155 cm³/mol. The molecule has 0 unspecified atom stereocenters. The lowest BCUT2D eigenvalue weighted by Gasteiger charge is -2.18. The number of rotatable bonds is 8. The van der Waals surface area contributed by atoms with Crippen LogP contribution in [0.4, 0.5) is 5.69 Å². The van der Waals surface area contributed by atoms with Gasteiger partial charge in [-0.1, -0.05) is 72.8 Å². The van der Waals surface area contributed by atoms with Gasteiger partial charge < -0.3 is 9.88 Å². The van der Waals surface area contributed by atoms with Crippen molar-refractivity contribution < 1.29 is 9.59 Å². The van der Waals surface area contributed by atoms with E-state index in [1.165, 1.54) is 0 Å². The number of aromatic nitrogens is 1. The van der Waals surface area contributed by atoms with Crippen molar-refractivity contribution in [3.05, 3.63) is 156 Å². The highest BCUT2D eigenvalue weighted by molar-refractivity contribution is 6.01. The number of carbonyl (C=O) groups excluding carboxylic acids is 2. The number of anilines is 1. The first kappa shape index (κ1) is 25.4. The number of nitrogens with zero attached hydrogens (tertiary/aromatic N) is 2. The van der Waals surface area contributed by atoms with Gasteiger partial charge in [-0.3, -0.25) is 9.59 Å². The van der Waals surface area contributed by atoms with Gasteiger partial charge in [0.15, 0.2) is 0 Å². The van der Waals surface area contributed by atoms with E-state index in [4.69, 9.17) is 0 Å². The van der Waals surface area contributed by atoms with Crippen LogP contribution in [0.5, 0.6) is 0 Å². The topological polar surface area (TPSA) is 75.5 Å². The Balaban J connectivity index is 1.23. The van der Waals surface area contributed by atoms with Gasteiger partial charge in [0, 0.05) is 29.3 Å². The largest absolute Gasteiger partial charge is 0.325 e. The third-order valence-electron chi connectivity index (χ3n) is 6.46. The number of benzene rings is 4. The van der Waals surface area contributed by atoms with Crippen LogP contribution in [0.3, 0.4) is 0 Å². The van der Waals surface area contributed by atoms with Crippen LogP contribution in [0, 0.1) is 0 Å². The highest BCUT2D eigenvalue weighted by Crippen LogP contribution is 2.26. The maximum absolute atomic E-state index is 13.3. The van der Waals surface area contributed by atoms with Gasteiger partial charge in [0.05, 0.1) is 11.6 Å². The first-order valence-electron chi connectivity index (χ1n) is 12.7. The summed E-state index contributed by atoms with van der Waals surface area (Å²) in [5.74, 6) is -0.930. The van der Waals surface area contributed by atoms with Crippen LogP contribution in [0.1, 0.15) is 39.9 Å². The van der Waals surface area contributed by atoms with E-state index in [2.05, 4.69) is 15.8 Å². The molecule has 5 rings (SSSR count). The van der Waals surface area contributed by atoms with Gasteiger partial charge in [0.1, 0.15) is 0 Å². The predicted octanol–water partition coefficient (Wildman–Crippen LogP) is 6.40. The Hall–Kier alpha value is -5.23. The molecule has 0 aliphatic heterocycles. The third kappa shape index (κ3) is 6.19. The summed E-state index contributed by atoms with van der Waals surface area (Å²) < 4.78 is 2.02. The fourth-order valence-corrected chi connectivity index (χ4v) is 4.35. The number of hydrazone groups is 1. The molecule has 1 aromatic heterocycles. The lowest BCUT2D eigenvalue weighted by atomic mass is 9.90. The summed E-state index contributed by atoms with van der Waals surface area (Å²) in [6, 6.07) is 38.0. The van der Waals surface area contributed by atoms with Crippen molar-refractivity contribution in [2.24, 2.45) is 5.10 Å². The summed E-state index contributed by atoms with van der Waals surface area (Å²) in [7, 11) is 0. The van der Waals surface area contributed by atoms with Crippen molar-refractivity contribution in [3.8, 4) is 5.69 Å². The van der Waals surface area contributed by atoms with E-state index in [0.29, 0.717) is 17.0 Å². The van der Waals surface area contributed by atoms with E-state index in [9.17, 15) is 9.59 Å². The minimum atomic E-state index is -0.454. The van der Waals surface area contributed by atoms with E-state index in [-0.39, 0.29) is 11.8 Å². The Labute approximate surface area is 227 Å². The summed E-state index contributed by atoms with van der Waals surface area (Å²) in [6.45, 7) is 1.85. The molecule has 0 atom stereocenters. The molecule has 39 heavy (non-hydrogen) atoms. The highest BCUT2D eigenvalue weighted by Gasteiger charge is 2.22. The molecule has 0 aliphatic carbocycles. The molecule has 0 radical (unpaired) electrons. The quantitative estimate of drug-likeness (QED) is 0.186. The SMILES string of the molecule is C/C(=N\NC(=O)c1ccc(NC(=O)C(c2ccccc2)c2ccccc2)cc1)c1ccc(-n2cccc2)cc1. The molecule has 192 valence electrons. The van der Waals surface area contributed by atoms with Crippen molar-refractivity contribution >= 4 is 23.2 Å². The normalized spacial score (nSPS) is 11.3. The number of hydrogen-bond acceptors (Lipinski definition) is 3. The van der Waals surface area contributed by atoms with Gasteiger partial charge >= 0.3 is 0 Å². The summed E-state index contributed by atoms with van der Waals surface area (Å²) in [4.78, 5) is 26.0. The van der Waals surface area contributed by atoms with Crippen molar-refractivity contribution in [1.82, 2.24) is 9.99 Å². The van der Waals surface area contributed by atoms with Crippen molar-refractivity contribution in [1.29, 1.82) is 0 Å². The molecule has 0 spiro atoms. The average molecular weight is 513 g/mol. The molecular weight excluding hydrogens is 484 g/mol. The van der Waals surface area contributed by atoms with Gasteiger partial charge in [-0.25, -0.2) is 5.43 Å². The zero-order valence-electron chi connectivity index (χ0n) is 21.5. The Bertz CT molecular complexity index is 1520. The van der Waals surface area contributed by atoms with E-state index in [0.717, 1.165) is 22.4 Å². The maximum atomic E-state index is 13.3. The van der Waals surface area contributed by atoms with Crippen molar-refractivity contribution in [2.45, 2.75) is 12.8 Å². The first-order chi connectivity index (χ1) is 19.1. The zero-order chi connectivity index (χ0) is 27.0. The second-order valence-corrected chi connectivity index (χ2v) is 9.10. The monoisotopic (exact) mass is 512 g/mol. The van der Waals surface area contributed by atoms with Crippen LogP contribution in [0.25, 0.3) is 5.69 Å². The number of amides is 2. The number of nitrogens with one attached hydrogen (secondary N) is 2. The van der Waals surface area contributed by atoms with Crippen LogP contribution in [0.2, 0.25) is 0 Å². The average Bonchev–Trinajstić information content (AvgIpc) is 3.53. The van der Waals surface area contributed by atoms with Crippen LogP contribution in [-0.2, 0) is 4.79 Å². The van der Waals surface area contributed by atoms with E-state index in [1.807, 2.05) is 121 Å². The Kier molecular flexibility index (Phi) is 7.74. The third-order valence-corrected chi connectivity index (χ3v) is 6.46. The molecule has 0 aliphatic rings. The molecule has 5 aromatic rings. The van der Waals surface area contributed by atoms with Gasteiger partial charge in [0.2, 0.25) is 5.91 Å². The van der Waals surface area contributed by atoms with Crippen molar-refractivity contribution in [3.63, 3.8) is 0 Å². The number of carbonyl (C=O) groups is 2. The summed E-state index contributed by atoms with van der Waals surface area (Å²) in [6.07, 6.45) is 3.97. The molecule has 2 N–H and O–H groups in total. The molecule has 0 fully saturated rings. The van der Waals surface area contributed by atoms with E-state index in [1.54, 1.807) is 24.3 Å².